The number of benzene rings is 3. The van der Waals surface area contributed by atoms with Crippen LogP contribution in [0.15, 0.2) is 109 Å². The molecule has 8 rings (SSSR count). The molecule has 0 N–H and O–H groups in total. The average molecular weight is 549 g/mol. The fraction of sp³-hybridized carbons (Fsp3) is 0.300. The molecular weight excluding hydrogens is 508 g/mol. The van der Waals surface area contributed by atoms with E-state index in [9.17, 15) is 0 Å². The van der Waals surface area contributed by atoms with Crippen LogP contribution in [0, 0.1) is 6.92 Å². The molecule has 3 unspecified atom stereocenters. The van der Waals surface area contributed by atoms with E-state index in [2.05, 4.69) is 160 Å². The average Bonchev–Trinajstić information content (AvgIpc) is 3.46. The van der Waals surface area contributed by atoms with Crippen LogP contribution >= 0.6 is 0 Å². The predicted molar refractivity (Wildman–Crippen MR) is 170 cm³/mol. The minimum Gasteiger partial charge on any atom is -0.183 e. The Labute approximate surface area is 250 Å². The number of hydrogen-bond donors (Lipinski definition) is 0. The van der Waals surface area contributed by atoms with Crippen LogP contribution in [0.2, 0.25) is 0 Å². The Morgan fingerprint density at radius 1 is 0.667 bits per heavy atom. The van der Waals surface area contributed by atoms with Crippen molar-refractivity contribution in [2.45, 2.75) is 76.3 Å². The zero-order valence-corrected chi connectivity index (χ0v) is 25.7. The van der Waals surface area contributed by atoms with Gasteiger partial charge >= 0.3 is 0 Å². The van der Waals surface area contributed by atoms with Crippen molar-refractivity contribution in [3.63, 3.8) is 0 Å². The molecule has 3 aliphatic rings. The number of aromatic nitrogens is 2. The van der Waals surface area contributed by atoms with Gasteiger partial charge in [0.15, 0.2) is 12.4 Å². The number of hydrogen-bond acceptors (Lipinski definition) is 0. The van der Waals surface area contributed by atoms with Crippen molar-refractivity contribution in [3.8, 4) is 33.6 Å². The van der Waals surface area contributed by atoms with Crippen LogP contribution in [-0.2, 0) is 21.9 Å². The van der Waals surface area contributed by atoms with Gasteiger partial charge in [0.1, 0.15) is 5.41 Å². The lowest BCUT2D eigenvalue weighted by Crippen LogP contribution is -2.60. The highest BCUT2D eigenvalue weighted by atomic mass is 15.3. The van der Waals surface area contributed by atoms with E-state index in [0.717, 1.165) is 12.8 Å². The van der Waals surface area contributed by atoms with Crippen LogP contribution in [0.25, 0.3) is 33.6 Å². The second-order valence-corrected chi connectivity index (χ2v) is 13.7. The molecular formula is C40H40N2+2. The predicted octanol–water partition coefficient (Wildman–Crippen LogP) is 8.41. The molecule has 2 heteroatoms. The lowest BCUT2D eigenvalue weighted by molar-refractivity contribution is -0.799. The van der Waals surface area contributed by atoms with Crippen molar-refractivity contribution in [3.05, 3.63) is 132 Å². The van der Waals surface area contributed by atoms with Gasteiger partial charge in [-0.25, -0.2) is 0 Å². The zero-order chi connectivity index (χ0) is 29.1. The summed E-state index contributed by atoms with van der Waals surface area (Å²) in [5, 5.41) is 0. The molecule has 0 saturated heterocycles. The van der Waals surface area contributed by atoms with Crippen molar-refractivity contribution in [2.24, 2.45) is 0 Å². The van der Waals surface area contributed by atoms with E-state index in [1.165, 1.54) is 55.9 Å². The summed E-state index contributed by atoms with van der Waals surface area (Å²) in [6.45, 7) is 14.2. The van der Waals surface area contributed by atoms with E-state index in [1.54, 1.807) is 0 Å². The Kier molecular flexibility index (Phi) is 5.06. The molecule has 2 aliphatic heterocycles. The van der Waals surface area contributed by atoms with Gasteiger partial charge in [-0.1, -0.05) is 101 Å². The maximum absolute atomic E-state index is 2.75. The Bertz CT molecular complexity index is 1910. The van der Waals surface area contributed by atoms with Gasteiger partial charge in [-0.15, -0.1) is 0 Å². The van der Waals surface area contributed by atoms with Gasteiger partial charge in [0.05, 0.1) is 11.1 Å². The zero-order valence-electron chi connectivity index (χ0n) is 25.7. The summed E-state index contributed by atoms with van der Waals surface area (Å²) < 4.78 is 5.42. The van der Waals surface area contributed by atoms with Crippen molar-refractivity contribution >= 4 is 0 Å². The first kappa shape index (κ1) is 25.7. The molecule has 0 bridgehead atoms. The summed E-state index contributed by atoms with van der Waals surface area (Å²) in [5.41, 5.74) is 13.3. The monoisotopic (exact) mass is 548 g/mol. The lowest BCUT2D eigenvalue weighted by Gasteiger charge is -2.29. The summed E-state index contributed by atoms with van der Waals surface area (Å²) in [6, 6.07) is 36.7. The van der Waals surface area contributed by atoms with Crippen molar-refractivity contribution in [1.29, 1.82) is 0 Å². The van der Waals surface area contributed by atoms with E-state index in [0.29, 0.717) is 0 Å². The Morgan fingerprint density at radius 2 is 1.38 bits per heavy atom. The third-order valence-electron chi connectivity index (χ3n) is 11.1. The minimum absolute atomic E-state index is 0.00592. The molecule has 3 aromatic carbocycles. The summed E-state index contributed by atoms with van der Waals surface area (Å²) in [5.74, 6) is 0. The van der Waals surface area contributed by atoms with Gasteiger partial charge in [-0.2, -0.15) is 9.13 Å². The third-order valence-corrected chi connectivity index (χ3v) is 11.1. The smallest absolute Gasteiger partial charge is 0.183 e. The molecule has 0 radical (unpaired) electrons. The molecule has 1 spiro atoms. The Hall–Kier alpha value is -4.04. The van der Waals surface area contributed by atoms with Gasteiger partial charge < -0.3 is 0 Å². The largest absolute Gasteiger partial charge is 0.275 e. The standard InChI is InChI=1S/C40H40N2/c1-7-38-31-21-13-12-20-29(31)35-25-33(37(4,5)6)30(28-18-10-9-11-19-28)26-42(35)39(38,8-2)40(38)32-22-16-17-27(3)36(32)34-23-14-15-24-41(34)40/h9-26H,7-8H2,1-6H3/q+2. The van der Waals surface area contributed by atoms with E-state index in [-0.39, 0.29) is 21.9 Å². The fourth-order valence-corrected chi connectivity index (χ4v) is 9.78. The van der Waals surface area contributed by atoms with Crippen molar-refractivity contribution in [1.82, 2.24) is 0 Å². The van der Waals surface area contributed by atoms with Crippen molar-refractivity contribution in [2.75, 3.05) is 0 Å². The molecule has 3 atom stereocenters. The Balaban J connectivity index is 1.58. The van der Waals surface area contributed by atoms with Gasteiger partial charge in [0.25, 0.3) is 11.1 Å². The quantitative estimate of drug-likeness (QED) is 0.200. The first-order chi connectivity index (χ1) is 20.3. The maximum Gasteiger partial charge on any atom is 0.275 e. The van der Waals surface area contributed by atoms with E-state index >= 15 is 0 Å². The van der Waals surface area contributed by atoms with Crippen LogP contribution < -0.4 is 9.13 Å². The van der Waals surface area contributed by atoms with Gasteiger partial charge in [-0.05, 0) is 53.1 Å². The summed E-state index contributed by atoms with van der Waals surface area (Å²) in [6.07, 6.45) is 7.00. The molecule has 1 aliphatic carbocycles. The number of nitrogens with zero attached hydrogens (tertiary/aromatic N) is 2. The molecule has 1 saturated carbocycles. The van der Waals surface area contributed by atoms with Gasteiger partial charge in [-0.3, -0.25) is 0 Å². The minimum atomic E-state index is -0.231. The molecule has 2 aromatic heterocycles. The molecule has 1 fully saturated rings. The van der Waals surface area contributed by atoms with Gasteiger partial charge in [0, 0.05) is 35.7 Å². The number of fused-ring (bicyclic) bond motifs is 13. The maximum atomic E-state index is 2.75. The van der Waals surface area contributed by atoms with Gasteiger partial charge in [0.2, 0.25) is 11.4 Å². The second kappa shape index (κ2) is 8.28. The molecule has 5 aromatic rings. The van der Waals surface area contributed by atoms with Crippen LogP contribution in [0.1, 0.15) is 69.7 Å². The van der Waals surface area contributed by atoms with E-state index in [1.807, 2.05) is 0 Å². The highest BCUT2D eigenvalue weighted by Crippen LogP contribution is 2.80. The summed E-state index contributed by atoms with van der Waals surface area (Å²) >= 11 is 0. The third kappa shape index (κ3) is 2.64. The van der Waals surface area contributed by atoms with Crippen LogP contribution in [0.5, 0.6) is 0 Å². The summed E-state index contributed by atoms with van der Waals surface area (Å²) in [4.78, 5) is 0. The SMILES string of the molecule is CCC12c3ccccc3-c3cc(C(C)(C)C)c(-c4ccccc4)c[n+]3C1(CC)C21c2cccc(C)c2-c2cccc[n+]21. The topological polar surface area (TPSA) is 7.76 Å². The van der Waals surface area contributed by atoms with Crippen LogP contribution in [-0.4, -0.2) is 0 Å². The first-order valence-electron chi connectivity index (χ1n) is 15.7. The number of rotatable bonds is 3. The highest BCUT2D eigenvalue weighted by Gasteiger charge is 3.03. The highest BCUT2D eigenvalue weighted by molar-refractivity contribution is 5.80. The number of pyridine rings is 2. The molecule has 42 heavy (non-hydrogen) atoms. The Morgan fingerprint density at radius 3 is 2.12 bits per heavy atom. The molecule has 208 valence electrons. The van der Waals surface area contributed by atoms with Crippen LogP contribution in [0.4, 0.5) is 0 Å². The normalized spacial score (nSPS) is 24.4. The second-order valence-electron chi connectivity index (χ2n) is 13.7. The summed E-state index contributed by atoms with van der Waals surface area (Å²) in [7, 11) is 0. The van der Waals surface area contributed by atoms with Crippen molar-refractivity contribution < 1.29 is 9.13 Å². The first-order valence-corrected chi connectivity index (χ1v) is 15.7. The molecule has 2 nitrogen and oxygen atoms in total. The molecule has 4 heterocycles. The number of aryl methyl sites for hydroxylation is 1. The van der Waals surface area contributed by atoms with E-state index in [4.69, 9.17) is 0 Å². The van der Waals surface area contributed by atoms with Crippen LogP contribution in [0.3, 0.4) is 0 Å². The lowest BCUT2D eigenvalue weighted by atomic mass is 9.76. The molecule has 0 amide bonds. The fourth-order valence-electron chi connectivity index (χ4n) is 9.78. The van der Waals surface area contributed by atoms with E-state index < -0.39 is 0 Å².